The Hall–Kier alpha value is -1.82. The zero-order chi connectivity index (χ0) is 11.7. The van der Waals surface area contributed by atoms with Crippen LogP contribution in [0.2, 0.25) is 0 Å². The summed E-state index contributed by atoms with van der Waals surface area (Å²) in [6.45, 7) is 12.5. The number of rotatable bonds is 0. The smallest absolute Gasteiger partial charge is 0.00796 e. The molecule has 2 rings (SSSR count). The van der Waals surface area contributed by atoms with E-state index in [1.807, 2.05) is 24.3 Å². The van der Waals surface area contributed by atoms with E-state index in [2.05, 4.69) is 39.1 Å². The van der Waals surface area contributed by atoms with Crippen LogP contribution in [0.3, 0.4) is 0 Å². The number of hydrogen-bond donors (Lipinski definition) is 0. The normalized spacial score (nSPS) is 12.6. The van der Waals surface area contributed by atoms with Crippen LogP contribution in [0, 0.1) is 24.3 Å². The molecule has 2 aromatic rings. The van der Waals surface area contributed by atoms with Gasteiger partial charge in [0, 0.05) is 0 Å². The SMILES string of the molecule is C=c1cccc(C)/c1=c1\c(C)cccc1=C. The van der Waals surface area contributed by atoms with Gasteiger partial charge in [-0.1, -0.05) is 49.6 Å². The fourth-order valence-electron chi connectivity index (χ4n) is 2.17. The fraction of sp³-hybridized carbons (Fsp3) is 0.125. The van der Waals surface area contributed by atoms with E-state index in [4.69, 9.17) is 0 Å². The molecule has 0 atom stereocenters. The summed E-state index contributed by atoms with van der Waals surface area (Å²) in [5.41, 5.74) is 2.51. The highest BCUT2D eigenvalue weighted by molar-refractivity contribution is 5.30. The van der Waals surface area contributed by atoms with Gasteiger partial charge in [-0.05, 0) is 45.8 Å². The molecule has 0 saturated heterocycles. The minimum Gasteiger partial charge on any atom is -0.0911 e. The first-order valence-electron chi connectivity index (χ1n) is 5.45. The standard InChI is InChI=1S/C16H16/c1-11-7-5-8-12(2)15(11)16-13(3)9-6-10-14(16)4/h5-10H,1,3H2,2,4H3/b16-15-. The maximum atomic E-state index is 4.11. The third-order valence-corrected chi connectivity index (χ3v) is 2.97. The average Bonchev–Trinajstić information content (AvgIpc) is 2.21. The quantitative estimate of drug-likeness (QED) is 0.623. The molecule has 0 N–H and O–H groups in total. The molecular weight excluding hydrogens is 192 g/mol. The maximum Gasteiger partial charge on any atom is -0.00796 e. The molecule has 2 aromatic carbocycles. The van der Waals surface area contributed by atoms with Crippen molar-refractivity contribution in [1.82, 2.24) is 0 Å². The van der Waals surface area contributed by atoms with Crippen LogP contribution in [0.1, 0.15) is 11.1 Å². The third-order valence-electron chi connectivity index (χ3n) is 2.97. The summed E-state index contributed by atoms with van der Waals surface area (Å²) in [5, 5.41) is 4.59. The van der Waals surface area contributed by atoms with E-state index in [0.29, 0.717) is 0 Å². The van der Waals surface area contributed by atoms with Crippen LogP contribution in [-0.2, 0) is 0 Å². The molecule has 0 heteroatoms. The minimum absolute atomic E-state index is 1.07. The van der Waals surface area contributed by atoms with Gasteiger partial charge in [-0.2, -0.15) is 0 Å². The van der Waals surface area contributed by atoms with E-state index < -0.39 is 0 Å². The molecule has 0 spiro atoms. The highest BCUT2D eigenvalue weighted by atomic mass is 14.0. The first kappa shape index (κ1) is 10.7. The number of benzene rings is 2. The monoisotopic (exact) mass is 208 g/mol. The molecule has 0 radical (unpaired) electrons. The van der Waals surface area contributed by atoms with E-state index in [-0.39, 0.29) is 0 Å². The molecule has 0 saturated carbocycles. The van der Waals surface area contributed by atoms with Crippen molar-refractivity contribution >= 4 is 13.2 Å². The second kappa shape index (κ2) is 3.97. The Balaban J connectivity index is 3.29. The van der Waals surface area contributed by atoms with Gasteiger partial charge >= 0.3 is 0 Å². The van der Waals surface area contributed by atoms with Gasteiger partial charge in [0.25, 0.3) is 0 Å². The molecule has 0 heterocycles. The van der Waals surface area contributed by atoms with Gasteiger partial charge in [-0.15, -0.1) is 0 Å². The van der Waals surface area contributed by atoms with Gasteiger partial charge in [-0.25, -0.2) is 0 Å². The number of aryl methyl sites for hydroxylation is 2. The molecule has 0 aliphatic rings. The lowest BCUT2D eigenvalue weighted by molar-refractivity contribution is 1.28. The van der Waals surface area contributed by atoms with Crippen molar-refractivity contribution in [3.8, 4) is 0 Å². The summed E-state index contributed by atoms with van der Waals surface area (Å²) in [6.07, 6.45) is 0. The van der Waals surface area contributed by atoms with Gasteiger partial charge in [0.05, 0.1) is 0 Å². The lowest BCUT2D eigenvalue weighted by Crippen LogP contribution is -2.09. The summed E-state index contributed by atoms with van der Waals surface area (Å²) in [4.78, 5) is 0. The molecule has 0 aromatic heterocycles. The summed E-state index contributed by atoms with van der Waals surface area (Å²) in [5.74, 6) is 0. The van der Waals surface area contributed by atoms with Crippen molar-refractivity contribution in [3.05, 3.63) is 68.4 Å². The van der Waals surface area contributed by atoms with Crippen LogP contribution in [0.5, 0.6) is 0 Å². The maximum absolute atomic E-state index is 4.11. The van der Waals surface area contributed by atoms with Crippen LogP contribution in [0.15, 0.2) is 36.4 Å². The summed E-state index contributed by atoms with van der Waals surface area (Å²) < 4.78 is 0. The minimum atomic E-state index is 1.07. The molecule has 80 valence electrons. The van der Waals surface area contributed by atoms with Crippen molar-refractivity contribution in [2.75, 3.05) is 0 Å². The first-order chi connectivity index (χ1) is 7.61. The predicted octanol–water partition coefficient (Wildman–Crippen LogP) is 2.41. The number of hydrogen-bond acceptors (Lipinski definition) is 0. The Kier molecular flexibility index (Phi) is 2.66. The second-order valence-electron chi connectivity index (χ2n) is 4.22. The molecule has 0 fully saturated rings. The van der Waals surface area contributed by atoms with Crippen LogP contribution in [0.4, 0.5) is 0 Å². The summed E-state index contributed by atoms with van der Waals surface area (Å²) >= 11 is 0. The summed E-state index contributed by atoms with van der Waals surface area (Å²) in [7, 11) is 0. The van der Waals surface area contributed by atoms with Gasteiger partial charge in [0.2, 0.25) is 0 Å². The summed E-state index contributed by atoms with van der Waals surface area (Å²) in [6, 6.07) is 12.4. The van der Waals surface area contributed by atoms with Crippen LogP contribution in [-0.4, -0.2) is 0 Å². The van der Waals surface area contributed by atoms with Crippen molar-refractivity contribution in [2.45, 2.75) is 13.8 Å². The predicted molar refractivity (Wildman–Crippen MR) is 70.3 cm³/mol. The Labute approximate surface area is 95.9 Å². The lowest BCUT2D eigenvalue weighted by atomic mass is 10.0. The van der Waals surface area contributed by atoms with Gasteiger partial charge < -0.3 is 0 Å². The molecule has 0 bridgehead atoms. The highest BCUT2D eigenvalue weighted by Gasteiger charge is 1.95. The van der Waals surface area contributed by atoms with Crippen molar-refractivity contribution in [1.29, 1.82) is 0 Å². The van der Waals surface area contributed by atoms with Crippen LogP contribution in [0.25, 0.3) is 13.2 Å². The Morgan fingerprint density at radius 2 is 1.06 bits per heavy atom. The third kappa shape index (κ3) is 1.67. The Morgan fingerprint density at radius 3 is 1.38 bits per heavy atom. The van der Waals surface area contributed by atoms with Gasteiger partial charge in [-0.3, -0.25) is 0 Å². The first-order valence-corrected chi connectivity index (χ1v) is 5.45. The fourth-order valence-corrected chi connectivity index (χ4v) is 2.17. The van der Waals surface area contributed by atoms with E-state index in [1.165, 1.54) is 21.6 Å². The zero-order valence-corrected chi connectivity index (χ0v) is 9.88. The Bertz CT molecular complexity index is 645. The zero-order valence-electron chi connectivity index (χ0n) is 9.88. The molecule has 0 nitrogen and oxygen atoms in total. The molecule has 0 aliphatic heterocycles. The van der Waals surface area contributed by atoms with E-state index in [1.54, 1.807) is 0 Å². The van der Waals surface area contributed by atoms with E-state index in [0.717, 1.165) is 10.4 Å². The van der Waals surface area contributed by atoms with Gasteiger partial charge in [0.1, 0.15) is 0 Å². The average molecular weight is 208 g/mol. The van der Waals surface area contributed by atoms with Crippen LogP contribution < -0.4 is 10.4 Å². The van der Waals surface area contributed by atoms with Crippen molar-refractivity contribution in [3.63, 3.8) is 0 Å². The lowest BCUT2D eigenvalue weighted by Gasteiger charge is -2.00. The van der Waals surface area contributed by atoms with Gasteiger partial charge in [0.15, 0.2) is 0 Å². The van der Waals surface area contributed by atoms with E-state index in [9.17, 15) is 0 Å². The van der Waals surface area contributed by atoms with E-state index >= 15 is 0 Å². The molecule has 0 amide bonds. The Morgan fingerprint density at radius 1 is 0.688 bits per heavy atom. The van der Waals surface area contributed by atoms with Crippen molar-refractivity contribution in [2.24, 2.45) is 0 Å². The molecule has 16 heavy (non-hydrogen) atoms. The molecule has 0 aliphatic carbocycles. The molecule has 0 unspecified atom stereocenters. The topological polar surface area (TPSA) is 0 Å². The second-order valence-corrected chi connectivity index (χ2v) is 4.22. The van der Waals surface area contributed by atoms with Crippen molar-refractivity contribution < 1.29 is 0 Å². The molecular formula is C16H16. The largest absolute Gasteiger partial charge is 0.0911 e. The van der Waals surface area contributed by atoms with Crippen LogP contribution >= 0.6 is 0 Å². The highest BCUT2D eigenvalue weighted by Crippen LogP contribution is 2.01.